The molecule has 1 aromatic carbocycles. The number of aromatic amines is 1. The van der Waals surface area contributed by atoms with Crippen molar-refractivity contribution in [1.29, 1.82) is 0 Å². The van der Waals surface area contributed by atoms with Gasteiger partial charge >= 0.3 is 0 Å². The molecular formula is C20H20N4O3. The molecular weight excluding hydrogens is 344 g/mol. The lowest BCUT2D eigenvalue weighted by atomic mass is 10.0. The first kappa shape index (κ1) is 17.2. The maximum Gasteiger partial charge on any atom is 0.254 e. The third kappa shape index (κ3) is 3.67. The number of hydrogen-bond acceptors (Lipinski definition) is 5. The molecule has 0 radical (unpaired) electrons. The smallest absolute Gasteiger partial charge is 0.254 e. The molecule has 1 aliphatic rings. The average molecular weight is 364 g/mol. The summed E-state index contributed by atoms with van der Waals surface area (Å²) in [4.78, 5) is 29.6. The molecule has 27 heavy (non-hydrogen) atoms. The Hall–Kier alpha value is -3.22. The number of piperidine rings is 1. The second-order valence-corrected chi connectivity index (χ2v) is 6.74. The summed E-state index contributed by atoms with van der Waals surface area (Å²) in [6.45, 7) is 2.96. The quantitative estimate of drug-likeness (QED) is 0.770. The van der Waals surface area contributed by atoms with Crippen LogP contribution in [0.25, 0.3) is 10.9 Å². The number of para-hydroxylation sites is 1. The first-order valence-corrected chi connectivity index (χ1v) is 8.98. The minimum atomic E-state index is -0.281. The van der Waals surface area contributed by atoms with Crippen LogP contribution in [0.5, 0.6) is 5.88 Å². The van der Waals surface area contributed by atoms with Gasteiger partial charge in [-0.1, -0.05) is 18.2 Å². The Morgan fingerprint density at radius 3 is 2.89 bits per heavy atom. The molecule has 1 amide bonds. The molecule has 0 bridgehead atoms. The van der Waals surface area contributed by atoms with E-state index in [1.165, 1.54) is 6.07 Å². The SMILES string of the molecule is Cc1ccc(OC2CCCN(C(=O)c3cc(=O)[nH]c4ccccc34)C2)nn1. The van der Waals surface area contributed by atoms with Crippen molar-refractivity contribution in [3.63, 3.8) is 0 Å². The van der Waals surface area contributed by atoms with Gasteiger partial charge in [0, 0.05) is 29.6 Å². The van der Waals surface area contributed by atoms with E-state index in [1.807, 2.05) is 31.2 Å². The summed E-state index contributed by atoms with van der Waals surface area (Å²) in [5.41, 5.74) is 1.62. The van der Waals surface area contributed by atoms with E-state index in [0.717, 1.165) is 23.9 Å². The molecule has 1 fully saturated rings. The zero-order valence-electron chi connectivity index (χ0n) is 15.0. The van der Waals surface area contributed by atoms with Crippen molar-refractivity contribution in [3.8, 4) is 5.88 Å². The highest BCUT2D eigenvalue weighted by atomic mass is 16.5. The Kier molecular flexibility index (Phi) is 4.58. The average Bonchev–Trinajstić information content (AvgIpc) is 2.69. The van der Waals surface area contributed by atoms with Crippen LogP contribution in [0.4, 0.5) is 0 Å². The number of aromatic nitrogens is 3. The zero-order valence-corrected chi connectivity index (χ0v) is 15.0. The number of likely N-dealkylation sites (tertiary alicyclic amines) is 1. The van der Waals surface area contributed by atoms with Crippen molar-refractivity contribution >= 4 is 16.8 Å². The van der Waals surface area contributed by atoms with Gasteiger partial charge in [-0.3, -0.25) is 9.59 Å². The molecule has 138 valence electrons. The predicted molar refractivity (Wildman–Crippen MR) is 101 cm³/mol. The number of ether oxygens (including phenoxy) is 1. The molecule has 2 aromatic heterocycles. The monoisotopic (exact) mass is 364 g/mol. The Morgan fingerprint density at radius 2 is 2.07 bits per heavy atom. The number of hydrogen-bond donors (Lipinski definition) is 1. The van der Waals surface area contributed by atoms with Gasteiger partial charge in [-0.15, -0.1) is 5.10 Å². The molecule has 1 N–H and O–H groups in total. The van der Waals surface area contributed by atoms with Crippen LogP contribution in [0.2, 0.25) is 0 Å². The number of benzene rings is 1. The van der Waals surface area contributed by atoms with Gasteiger partial charge in [0.2, 0.25) is 11.4 Å². The number of rotatable bonds is 3. The van der Waals surface area contributed by atoms with Crippen molar-refractivity contribution in [2.75, 3.05) is 13.1 Å². The van der Waals surface area contributed by atoms with Gasteiger partial charge in [-0.25, -0.2) is 0 Å². The minimum Gasteiger partial charge on any atom is -0.471 e. The van der Waals surface area contributed by atoms with Crippen molar-refractivity contribution in [2.24, 2.45) is 0 Å². The summed E-state index contributed by atoms with van der Waals surface area (Å²) in [6.07, 6.45) is 1.53. The first-order chi connectivity index (χ1) is 13.1. The molecule has 7 heteroatoms. The maximum atomic E-state index is 13.1. The van der Waals surface area contributed by atoms with Crippen LogP contribution in [-0.2, 0) is 0 Å². The normalized spacial score (nSPS) is 17.1. The number of fused-ring (bicyclic) bond motifs is 1. The van der Waals surface area contributed by atoms with Gasteiger partial charge in [0.15, 0.2) is 0 Å². The fourth-order valence-electron chi connectivity index (χ4n) is 3.39. The molecule has 7 nitrogen and oxygen atoms in total. The van der Waals surface area contributed by atoms with Gasteiger partial charge in [-0.05, 0) is 31.9 Å². The van der Waals surface area contributed by atoms with Crippen LogP contribution in [0, 0.1) is 6.92 Å². The Balaban J connectivity index is 1.55. The zero-order chi connectivity index (χ0) is 18.8. The first-order valence-electron chi connectivity index (χ1n) is 8.98. The van der Waals surface area contributed by atoms with Gasteiger partial charge in [0.25, 0.3) is 5.91 Å². The molecule has 3 aromatic rings. The van der Waals surface area contributed by atoms with E-state index in [-0.39, 0.29) is 17.6 Å². The second-order valence-electron chi connectivity index (χ2n) is 6.74. The molecule has 1 atom stereocenters. The number of carbonyl (C=O) groups excluding carboxylic acids is 1. The number of carbonyl (C=O) groups is 1. The van der Waals surface area contributed by atoms with Gasteiger partial charge in [0.1, 0.15) is 6.10 Å². The van der Waals surface area contributed by atoms with Crippen LogP contribution in [0.15, 0.2) is 47.3 Å². The van der Waals surface area contributed by atoms with Crippen molar-refractivity contribution in [2.45, 2.75) is 25.9 Å². The summed E-state index contributed by atoms with van der Waals surface area (Å²) in [6, 6.07) is 12.3. The maximum absolute atomic E-state index is 13.1. The third-order valence-corrected chi connectivity index (χ3v) is 4.71. The van der Waals surface area contributed by atoms with E-state index in [2.05, 4.69) is 15.2 Å². The van der Waals surface area contributed by atoms with E-state index in [9.17, 15) is 9.59 Å². The predicted octanol–water partition coefficient (Wildman–Crippen LogP) is 2.31. The lowest BCUT2D eigenvalue weighted by Crippen LogP contribution is -2.44. The van der Waals surface area contributed by atoms with Gasteiger partial charge in [-0.2, -0.15) is 5.10 Å². The van der Waals surface area contributed by atoms with E-state index in [1.54, 1.807) is 17.0 Å². The number of amides is 1. The molecule has 0 spiro atoms. The van der Waals surface area contributed by atoms with Gasteiger partial charge < -0.3 is 14.6 Å². The van der Waals surface area contributed by atoms with E-state index in [4.69, 9.17) is 4.74 Å². The lowest BCUT2D eigenvalue weighted by Gasteiger charge is -2.32. The highest BCUT2D eigenvalue weighted by Gasteiger charge is 2.27. The molecule has 1 unspecified atom stereocenters. The molecule has 4 rings (SSSR count). The number of nitrogens with zero attached hydrogens (tertiary/aromatic N) is 3. The fourth-order valence-corrected chi connectivity index (χ4v) is 3.39. The van der Waals surface area contributed by atoms with Crippen LogP contribution in [0.3, 0.4) is 0 Å². The Labute approximate surface area is 156 Å². The van der Waals surface area contributed by atoms with E-state index in [0.29, 0.717) is 30.0 Å². The molecule has 3 heterocycles. The number of aryl methyl sites for hydroxylation is 1. The molecule has 0 aliphatic carbocycles. The fraction of sp³-hybridized carbons (Fsp3) is 0.300. The number of H-pyrrole nitrogens is 1. The standard InChI is InChI=1S/C20H20N4O3/c1-13-8-9-19(23-22-13)27-14-5-4-10-24(12-14)20(26)16-11-18(25)21-17-7-3-2-6-15(16)17/h2-3,6-9,11,14H,4-5,10,12H2,1H3,(H,21,25). The van der Waals surface area contributed by atoms with Crippen LogP contribution >= 0.6 is 0 Å². The van der Waals surface area contributed by atoms with Gasteiger partial charge in [0.05, 0.1) is 17.8 Å². The van der Waals surface area contributed by atoms with E-state index >= 15 is 0 Å². The van der Waals surface area contributed by atoms with Crippen molar-refractivity contribution in [1.82, 2.24) is 20.1 Å². The highest BCUT2D eigenvalue weighted by molar-refractivity contribution is 6.05. The third-order valence-electron chi connectivity index (χ3n) is 4.71. The van der Waals surface area contributed by atoms with E-state index < -0.39 is 0 Å². The summed E-state index contributed by atoms with van der Waals surface area (Å²) in [5, 5.41) is 8.77. The van der Waals surface area contributed by atoms with Crippen LogP contribution in [0.1, 0.15) is 28.9 Å². The molecule has 0 saturated carbocycles. The minimum absolute atomic E-state index is 0.145. The lowest BCUT2D eigenvalue weighted by molar-refractivity contribution is 0.0527. The molecule has 1 saturated heterocycles. The largest absolute Gasteiger partial charge is 0.471 e. The summed E-state index contributed by atoms with van der Waals surface area (Å²) in [7, 11) is 0. The second kappa shape index (κ2) is 7.19. The molecule has 1 aliphatic heterocycles. The topological polar surface area (TPSA) is 88.2 Å². The van der Waals surface area contributed by atoms with Crippen LogP contribution < -0.4 is 10.3 Å². The van der Waals surface area contributed by atoms with Crippen LogP contribution in [-0.4, -0.2) is 45.2 Å². The summed E-state index contributed by atoms with van der Waals surface area (Å²) in [5.74, 6) is 0.307. The summed E-state index contributed by atoms with van der Waals surface area (Å²) < 4.78 is 5.90. The summed E-state index contributed by atoms with van der Waals surface area (Å²) >= 11 is 0. The van der Waals surface area contributed by atoms with Crippen molar-refractivity contribution < 1.29 is 9.53 Å². The highest BCUT2D eigenvalue weighted by Crippen LogP contribution is 2.21. The van der Waals surface area contributed by atoms with Crippen molar-refractivity contribution in [3.05, 3.63) is 64.1 Å². The number of pyridine rings is 1. The number of nitrogens with one attached hydrogen (secondary N) is 1. The Morgan fingerprint density at radius 1 is 1.22 bits per heavy atom. The Bertz CT molecular complexity index is 1030.